The van der Waals surface area contributed by atoms with Crippen molar-refractivity contribution in [3.8, 4) is 0 Å². The molecular weight excluding hydrogens is 184 g/mol. The van der Waals surface area contributed by atoms with E-state index in [0.717, 1.165) is 0 Å². The third-order valence-corrected chi connectivity index (χ3v) is 2.22. The normalized spacial score (nSPS) is 33.7. The molecule has 0 radical (unpaired) electrons. The number of ether oxygens (including phenoxy) is 2. The van der Waals surface area contributed by atoms with Gasteiger partial charge in [-0.3, -0.25) is 0 Å². The molecule has 0 amide bonds. The number of hydrogen-bond acceptors (Lipinski definition) is 3. The Hall–Kier alpha value is -1.13. The third-order valence-electron chi connectivity index (χ3n) is 2.22. The first-order chi connectivity index (χ1) is 6.48. The van der Waals surface area contributed by atoms with Gasteiger partial charge in [0, 0.05) is 0 Å². The molecule has 1 heterocycles. The van der Waals surface area contributed by atoms with Gasteiger partial charge in [0.05, 0.1) is 5.57 Å². The molecule has 1 fully saturated rings. The van der Waals surface area contributed by atoms with Crippen LogP contribution in [0, 0.1) is 0 Å². The Labute approximate surface area is 81.8 Å². The largest absolute Gasteiger partial charge is 0.478 e. The molecule has 0 spiro atoms. The predicted molar refractivity (Wildman–Crippen MR) is 48.7 cm³/mol. The first kappa shape index (κ1) is 9.43. The van der Waals surface area contributed by atoms with Crippen molar-refractivity contribution in [2.75, 3.05) is 0 Å². The first-order valence-corrected chi connectivity index (χ1v) is 4.47. The maximum atomic E-state index is 10.7. The van der Waals surface area contributed by atoms with Gasteiger partial charge in [-0.2, -0.15) is 0 Å². The van der Waals surface area contributed by atoms with Crippen LogP contribution in [-0.2, 0) is 14.3 Å². The fourth-order valence-corrected chi connectivity index (χ4v) is 1.67. The number of carboxylic acids is 1. The summed E-state index contributed by atoms with van der Waals surface area (Å²) in [4.78, 5) is 10.7. The Morgan fingerprint density at radius 1 is 1.43 bits per heavy atom. The van der Waals surface area contributed by atoms with Crippen LogP contribution in [0.1, 0.15) is 13.8 Å². The lowest BCUT2D eigenvalue weighted by molar-refractivity contribution is -0.139. The van der Waals surface area contributed by atoms with Gasteiger partial charge >= 0.3 is 5.97 Å². The van der Waals surface area contributed by atoms with E-state index in [0.29, 0.717) is 0 Å². The fourth-order valence-electron chi connectivity index (χ4n) is 1.67. The highest BCUT2D eigenvalue weighted by Crippen LogP contribution is 2.32. The van der Waals surface area contributed by atoms with Gasteiger partial charge in [0.15, 0.2) is 5.79 Å². The molecule has 76 valence electrons. The zero-order valence-electron chi connectivity index (χ0n) is 8.06. The Morgan fingerprint density at radius 2 is 2.07 bits per heavy atom. The van der Waals surface area contributed by atoms with E-state index in [4.69, 9.17) is 14.6 Å². The Morgan fingerprint density at radius 3 is 2.71 bits per heavy atom. The second kappa shape index (κ2) is 2.93. The van der Waals surface area contributed by atoms with Crippen molar-refractivity contribution in [3.63, 3.8) is 0 Å². The summed E-state index contributed by atoms with van der Waals surface area (Å²) in [6.07, 6.45) is 4.42. The van der Waals surface area contributed by atoms with Crippen molar-refractivity contribution in [2.45, 2.75) is 31.8 Å². The standard InChI is InChI=1S/C10H12O4/c1-10(2)13-7-4-3-6(9(11)12)5-8(7)14-10/h3-5,7-8H,1-2H3,(H,11,12)/t7-,8+/m0/s1. The molecule has 1 aliphatic carbocycles. The van der Waals surface area contributed by atoms with Crippen LogP contribution < -0.4 is 0 Å². The molecule has 0 saturated carbocycles. The highest BCUT2D eigenvalue weighted by atomic mass is 16.7. The second-order valence-electron chi connectivity index (χ2n) is 3.85. The Bertz CT molecular complexity index is 327. The average Bonchev–Trinajstić information content (AvgIpc) is 2.36. The number of fused-ring (bicyclic) bond motifs is 1. The van der Waals surface area contributed by atoms with Crippen LogP contribution in [0.15, 0.2) is 23.8 Å². The summed E-state index contributed by atoms with van der Waals surface area (Å²) in [6.45, 7) is 3.63. The lowest BCUT2D eigenvalue weighted by atomic mass is 10.0. The molecule has 0 bridgehead atoms. The molecule has 1 aliphatic heterocycles. The van der Waals surface area contributed by atoms with E-state index in [1.807, 2.05) is 13.8 Å². The minimum Gasteiger partial charge on any atom is -0.478 e. The summed E-state index contributed by atoms with van der Waals surface area (Å²) in [5.74, 6) is -1.57. The fraction of sp³-hybridized carbons (Fsp3) is 0.500. The minimum atomic E-state index is -0.937. The van der Waals surface area contributed by atoms with Gasteiger partial charge < -0.3 is 14.6 Å². The first-order valence-electron chi connectivity index (χ1n) is 4.47. The van der Waals surface area contributed by atoms with Gasteiger partial charge in [-0.1, -0.05) is 6.08 Å². The molecule has 4 nitrogen and oxygen atoms in total. The molecular formula is C10H12O4. The van der Waals surface area contributed by atoms with Crippen molar-refractivity contribution in [1.82, 2.24) is 0 Å². The Balaban J connectivity index is 2.21. The van der Waals surface area contributed by atoms with Gasteiger partial charge in [0.1, 0.15) is 12.2 Å². The Kier molecular flexibility index (Phi) is 1.97. The number of aliphatic carboxylic acids is 1. The second-order valence-corrected chi connectivity index (χ2v) is 3.85. The van der Waals surface area contributed by atoms with E-state index in [1.54, 1.807) is 18.2 Å². The lowest BCUT2D eigenvalue weighted by Crippen LogP contribution is -2.22. The highest BCUT2D eigenvalue weighted by molar-refractivity contribution is 5.90. The van der Waals surface area contributed by atoms with E-state index in [1.165, 1.54) is 0 Å². The monoisotopic (exact) mass is 196 g/mol. The SMILES string of the molecule is CC1(C)O[C@H]2C=CC(C(=O)O)=C[C@H]2O1. The molecule has 2 rings (SSSR count). The number of hydrogen-bond donors (Lipinski definition) is 1. The van der Waals surface area contributed by atoms with E-state index < -0.39 is 11.8 Å². The molecule has 1 N–H and O–H groups in total. The maximum Gasteiger partial charge on any atom is 0.335 e. The van der Waals surface area contributed by atoms with E-state index in [2.05, 4.69) is 0 Å². The van der Waals surface area contributed by atoms with Crippen LogP contribution >= 0.6 is 0 Å². The van der Waals surface area contributed by atoms with Crippen LogP contribution in [0.25, 0.3) is 0 Å². The zero-order valence-corrected chi connectivity index (χ0v) is 8.06. The zero-order chi connectivity index (χ0) is 10.3. The lowest BCUT2D eigenvalue weighted by Gasteiger charge is -2.15. The van der Waals surface area contributed by atoms with Gasteiger partial charge in [0.25, 0.3) is 0 Å². The van der Waals surface area contributed by atoms with Crippen LogP contribution in [-0.4, -0.2) is 29.1 Å². The third kappa shape index (κ3) is 1.58. The summed E-state index contributed by atoms with van der Waals surface area (Å²) in [5, 5.41) is 8.77. The molecule has 4 heteroatoms. The average molecular weight is 196 g/mol. The van der Waals surface area contributed by atoms with Crippen molar-refractivity contribution >= 4 is 5.97 Å². The molecule has 1 saturated heterocycles. The van der Waals surface area contributed by atoms with Crippen molar-refractivity contribution < 1.29 is 19.4 Å². The van der Waals surface area contributed by atoms with E-state index >= 15 is 0 Å². The van der Waals surface area contributed by atoms with Crippen LogP contribution in [0.2, 0.25) is 0 Å². The van der Waals surface area contributed by atoms with E-state index in [-0.39, 0.29) is 17.8 Å². The van der Waals surface area contributed by atoms with Crippen LogP contribution in [0.4, 0.5) is 0 Å². The molecule has 2 atom stereocenters. The molecule has 14 heavy (non-hydrogen) atoms. The van der Waals surface area contributed by atoms with Crippen LogP contribution in [0.3, 0.4) is 0 Å². The summed E-state index contributed by atoms with van der Waals surface area (Å²) in [7, 11) is 0. The van der Waals surface area contributed by atoms with Crippen molar-refractivity contribution in [1.29, 1.82) is 0 Å². The molecule has 2 aliphatic rings. The summed E-state index contributed by atoms with van der Waals surface area (Å²) in [5.41, 5.74) is 0.257. The van der Waals surface area contributed by atoms with Crippen molar-refractivity contribution in [3.05, 3.63) is 23.8 Å². The summed E-state index contributed by atoms with van der Waals surface area (Å²) in [6, 6.07) is 0. The quantitative estimate of drug-likeness (QED) is 0.682. The molecule has 0 unspecified atom stereocenters. The summed E-state index contributed by atoms with van der Waals surface area (Å²) < 4.78 is 11.1. The molecule has 0 aromatic heterocycles. The number of rotatable bonds is 1. The predicted octanol–water partition coefficient (Wildman–Crippen LogP) is 1.09. The topological polar surface area (TPSA) is 55.8 Å². The highest BCUT2D eigenvalue weighted by Gasteiger charge is 2.40. The van der Waals surface area contributed by atoms with Crippen LogP contribution in [0.5, 0.6) is 0 Å². The van der Waals surface area contributed by atoms with Gasteiger partial charge in [-0.15, -0.1) is 0 Å². The van der Waals surface area contributed by atoms with Crippen molar-refractivity contribution in [2.24, 2.45) is 0 Å². The van der Waals surface area contributed by atoms with Gasteiger partial charge in [-0.25, -0.2) is 4.79 Å². The minimum absolute atomic E-state index is 0.159. The number of carbonyl (C=O) groups is 1. The smallest absolute Gasteiger partial charge is 0.335 e. The van der Waals surface area contributed by atoms with E-state index in [9.17, 15) is 4.79 Å². The van der Waals surface area contributed by atoms with Gasteiger partial charge in [-0.05, 0) is 26.0 Å². The molecule has 0 aromatic carbocycles. The number of carboxylic acid groups (broad SMARTS) is 1. The van der Waals surface area contributed by atoms with Gasteiger partial charge in [0.2, 0.25) is 0 Å². The summed E-state index contributed by atoms with van der Waals surface area (Å²) >= 11 is 0. The maximum absolute atomic E-state index is 10.7. The molecule has 0 aromatic rings.